The third-order valence-corrected chi connectivity index (χ3v) is 4.18. The zero-order valence-corrected chi connectivity index (χ0v) is 18.0. The third-order valence-electron chi connectivity index (χ3n) is 4.18. The fraction of sp³-hybridized carbons (Fsp3) is 0.579. The second-order valence-corrected chi connectivity index (χ2v) is 6.34. The minimum atomic E-state index is 0. The van der Waals surface area contributed by atoms with Crippen LogP contribution in [0.25, 0.3) is 5.65 Å². The number of fused-ring (bicyclic) bond motifs is 1. The van der Waals surface area contributed by atoms with Gasteiger partial charge in [0.1, 0.15) is 5.65 Å². The second kappa shape index (κ2) is 12.1. The van der Waals surface area contributed by atoms with Gasteiger partial charge in [0, 0.05) is 38.4 Å². The van der Waals surface area contributed by atoms with Gasteiger partial charge in [-0.3, -0.25) is 4.99 Å². The molecule has 0 saturated heterocycles. The summed E-state index contributed by atoms with van der Waals surface area (Å²) in [4.78, 5) is 8.93. The van der Waals surface area contributed by atoms with Crippen molar-refractivity contribution in [2.45, 2.75) is 58.4 Å². The molecule has 0 fully saturated rings. The maximum Gasteiger partial charge on any atom is 0.191 e. The molecule has 25 heavy (non-hydrogen) atoms. The highest BCUT2D eigenvalue weighted by Gasteiger charge is 2.06. The molecule has 0 saturated carbocycles. The largest absolute Gasteiger partial charge is 0.356 e. The molecule has 1 atom stereocenters. The predicted molar refractivity (Wildman–Crippen MR) is 117 cm³/mol. The van der Waals surface area contributed by atoms with E-state index in [4.69, 9.17) is 0 Å². The molecule has 0 aliphatic rings. The Balaban J connectivity index is 0.00000312. The molecule has 0 amide bonds. The van der Waals surface area contributed by atoms with Crippen LogP contribution in [0, 0.1) is 0 Å². The molecule has 2 N–H and O–H groups in total. The number of nitrogens with one attached hydrogen (secondary N) is 2. The van der Waals surface area contributed by atoms with Crippen molar-refractivity contribution in [3.63, 3.8) is 0 Å². The number of aromatic nitrogens is 2. The number of nitrogens with zero attached hydrogens (tertiary/aromatic N) is 3. The summed E-state index contributed by atoms with van der Waals surface area (Å²) in [6.07, 6.45) is 11.4. The van der Waals surface area contributed by atoms with E-state index in [1.807, 2.05) is 31.4 Å². The molecule has 2 aromatic heterocycles. The normalized spacial score (nSPS) is 12.7. The number of hydrogen-bond acceptors (Lipinski definition) is 2. The number of pyridine rings is 1. The van der Waals surface area contributed by atoms with E-state index in [0.29, 0.717) is 6.04 Å². The molecule has 0 aliphatic heterocycles. The monoisotopic (exact) mass is 457 g/mol. The van der Waals surface area contributed by atoms with Crippen molar-refractivity contribution < 1.29 is 0 Å². The van der Waals surface area contributed by atoms with Gasteiger partial charge in [-0.15, -0.1) is 24.0 Å². The van der Waals surface area contributed by atoms with Crippen molar-refractivity contribution in [1.29, 1.82) is 0 Å². The Bertz CT molecular complexity index is 605. The first kappa shape index (κ1) is 21.7. The van der Waals surface area contributed by atoms with E-state index in [1.54, 1.807) is 0 Å². The van der Waals surface area contributed by atoms with Crippen molar-refractivity contribution in [1.82, 2.24) is 20.0 Å². The lowest BCUT2D eigenvalue weighted by Crippen LogP contribution is -2.42. The molecule has 2 rings (SSSR count). The van der Waals surface area contributed by atoms with E-state index in [1.165, 1.54) is 32.1 Å². The van der Waals surface area contributed by atoms with E-state index < -0.39 is 0 Å². The zero-order chi connectivity index (χ0) is 17.2. The summed E-state index contributed by atoms with van der Waals surface area (Å²) in [6, 6.07) is 6.50. The van der Waals surface area contributed by atoms with Crippen molar-refractivity contribution >= 4 is 35.6 Å². The van der Waals surface area contributed by atoms with Gasteiger partial charge >= 0.3 is 0 Å². The topological polar surface area (TPSA) is 53.7 Å². The Labute approximate surface area is 168 Å². The van der Waals surface area contributed by atoms with Crippen LogP contribution in [0.1, 0.15) is 51.6 Å². The van der Waals surface area contributed by atoms with Gasteiger partial charge in [-0.25, -0.2) is 4.98 Å². The average Bonchev–Trinajstić information content (AvgIpc) is 3.00. The van der Waals surface area contributed by atoms with Gasteiger partial charge in [-0.1, -0.05) is 38.7 Å². The molecule has 0 radical (unpaired) electrons. The molecule has 2 aromatic rings. The van der Waals surface area contributed by atoms with Gasteiger partial charge in [0.05, 0.1) is 5.69 Å². The average molecular weight is 457 g/mol. The smallest absolute Gasteiger partial charge is 0.191 e. The Morgan fingerprint density at radius 1 is 1.28 bits per heavy atom. The van der Waals surface area contributed by atoms with Crippen LogP contribution in [0.3, 0.4) is 0 Å². The first-order valence-corrected chi connectivity index (χ1v) is 9.12. The van der Waals surface area contributed by atoms with Crippen LogP contribution >= 0.6 is 24.0 Å². The lowest BCUT2D eigenvalue weighted by molar-refractivity contribution is 0.537. The minimum absolute atomic E-state index is 0. The van der Waals surface area contributed by atoms with Gasteiger partial charge < -0.3 is 15.0 Å². The summed E-state index contributed by atoms with van der Waals surface area (Å²) in [5, 5.41) is 6.85. The molecule has 0 bridgehead atoms. The third kappa shape index (κ3) is 7.63. The summed E-state index contributed by atoms with van der Waals surface area (Å²) >= 11 is 0. The lowest BCUT2D eigenvalue weighted by Gasteiger charge is -2.17. The molecule has 140 valence electrons. The quantitative estimate of drug-likeness (QED) is 0.259. The predicted octanol–water partition coefficient (Wildman–Crippen LogP) is 4.02. The highest BCUT2D eigenvalue weighted by Crippen LogP contribution is 2.06. The molecular weight excluding hydrogens is 425 g/mol. The van der Waals surface area contributed by atoms with Crippen LogP contribution in [0.4, 0.5) is 0 Å². The summed E-state index contributed by atoms with van der Waals surface area (Å²) in [5.74, 6) is 0.877. The van der Waals surface area contributed by atoms with Crippen LogP contribution in [-0.4, -0.2) is 35.0 Å². The Hall–Kier alpha value is -1.31. The van der Waals surface area contributed by atoms with Gasteiger partial charge in [-0.05, 0) is 25.5 Å². The minimum Gasteiger partial charge on any atom is -0.356 e. The van der Waals surface area contributed by atoms with Crippen LogP contribution in [0.5, 0.6) is 0 Å². The summed E-state index contributed by atoms with van der Waals surface area (Å²) in [5.41, 5.74) is 2.09. The Morgan fingerprint density at radius 2 is 2.12 bits per heavy atom. The molecule has 2 heterocycles. The Kier molecular flexibility index (Phi) is 10.5. The number of imidazole rings is 1. The number of aliphatic imine (C=N–C) groups is 1. The summed E-state index contributed by atoms with van der Waals surface area (Å²) < 4.78 is 2.06. The second-order valence-electron chi connectivity index (χ2n) is 6.34. The van der Waals surface area contributed by atoms with Gasteiger partial charge in [-0.2, -0.15) is 0 Å². The van der Waals surface area contributed by atoms with Crippen molar-refractivity contribution in [3.05, 3.63) is 36.3 Å². The number of guanidine groups is 1. The van der Waals surface area contributed by atoms with E-state index >= 15 is 0 Å². The molecule has 0 aromatic carbocycles. The van der Waals surface area contributed by atoms with Gasteiger partial charge in [0.25, 0.3) is 0 Å². The lowest BCUT2D eigenvalue weighted by atomic mass is 10.1. The van der Waals surface area contributed by atoms with E-state index in [2.05, 4.69) is 45.1 Å². The summed E-state index contributed by atoms with van der Waals surface area (Å²) in [7, 11) is 1.82. The maximum absolute atomic E-state index is 4.62. The fourth-order valence-corrected chi connectivity index (χ4v) is 2.79. The molecule has 5 nitrogen and oxygen atoms in total. The van der Waals surface area contributed by atoms with E-state index in [-0.39, 0.29) is 24.0 Å². The molecular formula is C19H32IN5. The first-order chi connectivity index (χ1) is 11.7. The number of unbranched alkanes of at least 4 members (excludes halogenated alkanes) is 3. The van der Waals surface area contributed by atoms with Crippen molar-refractivity contribution in [3.8, 4) is 0 Å². The van der Waals surface area contributed by atoms with Crippen LogP contribution in [0.15, 0.2) is 35.6 Å². The van der Waals surface area contributed by atoms with Crippen LogP contribution in [-0.2, 0) is 6.42 Å². The van der Waals surface area contributed by atoms with Crippen LogP contribution in [0.2, 0.25) is 0 Å². The number of hydrogen-bond donors (Lipinski definition) is 2. The summed E-state index contributed by atoms with van der Waals surface area (Å²) in [6.45, 7) is 5.30. The highest BCUT2D eigenvalue weighted by molar-refractivity contribution is 14.0. The SMILES string of the molecule is CCCCCCC(C)NC(=NC)NCCc1cn2ccccc2n1.I. The standard InChI is InChI=1S/C19H31N5.HI/c1-4-5-6-7-10-16(2)22-19(20-3)21-13-12-17-15-24-14-9-8-11-18(24)23-17;/h8-9,11,14-16H,4-7,10,12-13H2,1-3H3,(H2,20,21,22);1H. The fourth-order valence-electron chi connectivity index (χ4n) is 2.79. The first-order valence-electron chi connectivity index (χ1n) is 9.12. The number of rotatable bonds is 9. The maximum atomic E-state index is 4.62. The van der Waals surface area contributed by atoms with Crippen LogP contribution < -0.4 is 10.6 Å². The Morgan fingerprint density at radius 3 is 2.84 bits per heavy atom. The molecule has 0 aliphatic carbocycles. The zero-order valence-electron chi connectivity index (χ0n) is 15.7. The van der Waals surface area contributed by atoms with E-state index in [0.717, 1.165) is 30.3 Å². The van der Waals surface area contributed by atoms with Crippen molar-refractivity contribution in [2.75, 3.05) is 13.6 Å². The van der Waals surface area contributed by atoms with Crippen molar-refractivity contribution in [2.24, 2.45) is 4.99 Å². The molecule has 0 spiro atoms. The molecule has 1 unspecified atom stereocenters. The molecule has 6 heteroatoms. The number of halogens is 1. The van der Waals surface area contributed by atoms with E-state index in [9.17, 15) is 0 Å². The highest BCUT2D eigenvalue weighted by atomic mass is 127. The van der Waals surface area contributed by atoms with Gasteiger partial charge in [0.15, 0.2) is 5.96 Å². The van der Waals surface area contributed by atoms with Gasteiger partial charge in [0.2, 0.25) is 0 Å².